The summed E-state index contributed by atoms with van der Waals surface area (Å²) in [6, 6.07) is 1.81. The average Bonchev–Trinajstić information content (AvgIpc) is 2.29. The molecule has 0 spiro atoms. The minimum absolute atomic E-state index is 0.375. The molecule has 76 valence electrons. The molecule has 1 fully saturated rings. The molecule has 4 heteroatoms. The summed E-state index contributed by atoms with van der Waals surface area (Å²) >= 11 is 0. The van der Waals surface area contributed by atoms with Crippen LogP contribution in [0.4, 0.5) is 0 Å². The molecule has 0 unspecified atom stereocenters. The molecule has 1 N–H and O–H groups in total. The van der Waals surface area contributed by atoms with E-state index in [1.807, 2.05) is 6.07 Å². The maximum absolute atomic E-state index is 5.70. The Balaban J connectivity index is 1.76. The fourth-order valence-electron chi connectivity index (χ4n) is 1.56. The fraction of sp³-hybridized carbons (Fsp3) is 0.600. The van der Waals surface area contributed by atoms with Crippen molar-refractivity contribution in [3.63, 3.8) is 0 Å². The fourth-order valence-corrected chi connectivity index (χ4v) is 1.56. The van der Waals surface area contributed by atoms with Gasteiger partial charge in [0.25, 0.3) is 0 Å². The molecule has 0 amide bonds. The van der Waals surface area contributed by atoms with Crippen molar-refractivity contribution in [1.82, 2.24) is 15.3 Å². The topological polar surface area (TPSA) is 47.0 Å². The van der Waals surface area contributed by atoms with Crippen LogP contribution in [-0.4, -0.2) is 29.2 Å². The van der Waals surface area contributed by atoms with Crippen molar-refractivity contribution in [2.75, 3.05) is 13.1 Å². The highest BCUT2D eigenvalue weighted by Gasteiger charge is 2.13. The smallest absolute Gasteiger partial charge is 0.153 e. The number of piperidine rings is 1. The van der Waals surface area contributed by atoms with E-state index in [9.17, 15) is 0 Å². The first-order valence-corrected chi connectivity index (χ1v) is 5.03. The van der Waals surface area contributed by atoms with E-state index in [-0.39, 0.29) is 0 Å². The Labute approximate surface area is 83.7 Å². The lowest BCUT2D eigenvalue weighted by molar-refractivity contribution is 0.0178. The Hall–Kier alpha value is -1.00. The van der Waals surface area contributed by atoms with E-state index in [0.717, 1.165) is 31.8 Å². The van der Waals surface area contributed by atoms with Crippen LogP contribution in [0.2, 0.25) is 0 Å². The van der Waals surface area contributed by atoms with Gasteiger partial charge in [0.1, 0.15) is 6.61 Å². The minimum atomic E-state index is 0.375. The maximum Gasteiger partial charge on any atom is 0.153 e. The molecule has 1 aliphatic heterocycles. The van der Waals surface area contributed by atoms with E-state index >= 15 is 0 Å². The lowest BCUT2D eigenvalue weighted by Gasteiger charge is -2.22. The van der Waals surface area contributed by atoms with Crippen molar-refractivity contribution in [1.29, 1.82) is 0 Å². The van der Waals surface area contributed by atoms with Crippen molar-refractivity contribution < 1.29 is 4.74 Å². The molecule has 4 nitrogen and oxygen atoms in total. The first-order valence-electron chi connectivity index (χ1n) is 5.03. The number of aromatic nitrogens is 2. The van der Waals surface area contributed by atoms with Gasteiger partial charge in [-0.05, 0) is 32.0 Å². The molecule has 2 heterocycles. The molecular weight excluding hydrogens is 178 g/mol. The average molecular weight is 193 g/mol. The molecule has 0 radical (unpaired) electrons. The van der Waals surface area contributed by atoms with E-state index in [1.54, 1.807) is 12.4 Å². The summed E-state index contributed by atoms with van der Waals surface area (Å²) in [4.78, 5) is 8.22. The Morgan fingerprint density at radius 2 is 2.00 bits per heavy atom. The van der Waals surface area contributed by atoms with Crippen molar-refractivity contribution in [3.05, 3.63) is 24.3 Å². The third-order valence-electron chi connectivity index (χ3n) is 2.35. The van der Waals surface area contributed by atoms with Gasteiger partial charge in [-0.2, -0.15) is 0 Å². The SMILES string of the molecule is c1cnc(COC2CCNCC2)nc1. The minimum Gasteiger partial charge on any atom is -0.370 e. The molecule has 0 atom stereocenters. The molecule has 1 aromatic heterocycles. The number of ether oxygens (including phenoxy) is 1. The van der Waals surface area contributed by atoms with E-state index in [2.05, 4.69) is 15.3 Å². The standard InChI is InChI=1S/C10H15N3O/c1-4-12-10(13-5-1)8-14-9-2-6-11-7-3-9/h1,4-5,9,11H,2-3,6-8H2. The zero-order chi connectivity index (χ0) is 9.64. The van der Waals surface area contributed by atoms with Crippen LogP contribution in [0.15, 0.2) is 18.5 Å². The number of nitrogens with zero attached hydrogens (tertiary/aromatic N) is 2. The quantitative estimate of drug-likeness (QED) is 0.769. The zero-order valence-electron chi connectivity index (χ0n) is 8.15. The van der Waals surface area contributed by atoms with Gasteiger partial charge >= 0.3 is 0 Å². The van der Waals surface area contributed by atoms with Crippen LogP contribution in [0.5, 0.6) is 0 Å². The number of hydrogen-bond acceptors (Lipinski definition) is 4. The Morgan fingerprint density at radius 3 is 2.71 bits per heavy atom. The summed E-state index contributed by atoms with van der Waals surface area (Å²) in [6.45, 7) is 2.64. The molecule has 1 aliphatic rings. The Kier molecular flexibility index (Phi) is 3.43. The van der Waals surface area contributed by atoms with Crippen LogP contribution in [0.1, 0.15) is 18.7 Å². The van der Waals surface area contributed by atoms with E-state index in [4.69, 9.17) is 4.74 Å². The van der Waals surface area contributed by atoms with Gasteiger partial charge in [-0.15, -0.1) is 0 Å². The van der Waals surface area contributed by atoms with Gasteiger partial charge in [0.2, 0.25) is 0 Å². The largest absolute Gasteiger partial charge is 0.370 e. The third-order valence-corrected chi connectivity index (χ3v) is 2.35. The summed E-state index contributed by atoms with van der Waals surface area (Å²) in [5.41, 5.74) is 0. The predicted octanol–water partition coefficient (Wildman–Crippen LogP) is 0.745. The second-order valence-corrected chi connectivity index (χ2v) is 3.43. The van der Waals surface area contributed by atoms with Crippen molar-refractivity contribution in [3.8, 4) is 0 Å². The molecule has 0 aliphatic carbocycles. The monoisotopic (exact) mass is 193 g/mol. The number of rotatable bonds is 3. The van der Waals surface area contributed by atoms with Crippen molar-refractivity contribution in [2.24, 2.45) is 0 Å². The highest BCUT2D eigenvalue weighted by atomic mass is 16.5. The van der Waals surface area contributed by atoms with Crippen LogP contribution in [0, 0.1) is 0 Å². The van der Waals surface area contributed by atoms with Gasteiger partial charge < -0.3 is 10.1 Å². The second-order valence-electron chi connectivity index (χ2n) is 3.43. The number of nitrogens with one attached hydrogen (secondary N) is 1. The van der Waals surface area contributed by atoms with Crippen LogP contribution >= 0.6 is 0 Å². The Bertz CT molecular complexity index is 259. The van der Waals surface area contributed by atoms with Gasteiger partial charge in [0, 0.05) is 12.4 Å². The molecule has 0 aromatic carbocycles. The molecule has 1 aromatic rings. The first kappa shape index (κ1) is 9.55. The van der Waals surface area contributed by atoms with Gasteiger partial charge in [0.15, 0.2) is 5.82 Å². The lowest BCUT2D eigenvalue weighted by Crippen LogP contribution is -2.32. The third kappa shape index (κ3) is 2.75. The predicted molar refractivity (Wildman–Crippen MR) is 52.7 cm³/mol. The van der Waals surface area contributed by atoms with Gasteiger partial charge in [0.05, 0.1) is 6.10 Å². The van der Waals surface area contributed by atoms with E-state index in [1.165, 1.54) is 0 Å². The summed E-state index contributed by atoms with van der Waals surface area (Å²) in [5, 5.41) is 3.30. The molecule has 2 rings (SSSR count). The first-order chi connectivity index (χ1) is 6.95. The zero-order valence-corrected chi connectivity index (χ0v) is 8.15. The molecule has 0 saturated carbocycles. The van der Waals surface area contributed by atoms with Crippen molar-refractivity contribution in [2.45, 2.75) is 25.6 Å². The highest BCUT2D eigenvalue weighted by molar-refractivity contribution is 4.86. The lowest BCUT2D eigenvalue weighted by atomic mass is 10.1. The maximum atomic E-state index is 5.70. The summed E-state index contributed by atoms with van der Waals surface area (Å²) in [7, 11) is 0. The van der Waals surface area contributed by atoms with Crippen LogP contribution < -0.4 is 5.32 Å². The van der Waals surface area contributed by atoms with Crippen LogP contribution in [-0.2, 0) is 11.3 Å². The van der Waals surface area contributed by atoms with Crippen LogP contribution in [0.3, 0.4) is 0 Å². The van der Waals surface area contributed by atoms with Crippen LogP contribution in [0.25, 0.3) is 0 Å². The highest BCUT2D eigenvalue weighted by Crippen LogP contribution is 2.08. The van der Waals surface area contributed by atoms with E-state index in [0.29, 0.717) is 12.7 Å². The second kappa shape index (κ2) is 5.02. The summed E-state index contributed by atoms with van der Waals surface area (Å²) < 4.78 is 5.70. The summed E-state index contributed by atoms with van der Waals surface area (Å²) in [5.74, 6) is 0.769. The summed E-state index contributed by atoms with van der Waals surface area (Å²) in [6.07, 6.45) is 6.04. The molecule has 0 bridgehead atoms. The van der Waals surface area contributed by atoms with Gasteiger partial charge in [-0.1, -0.05) is 0 Å². The molecular formula is C10H15N3O. The molecule has 1 saturated heterocycles. The Morgan fingerprint density at radius 1 is 1.29 bits per heavy atom. The van der Waals surface area contributed by atoms with Gasteiger partial charge in [-0.25, -0.2) is 9.97 Å². The van der Waals surface area contributed by atoms with Gasteiger partial charge in [-0.3, -0.25) is 0 Å². The normalized spacial score (nSPS) is 18.3. The van der Waals surface area contributed by atoms with Crippen molar-refractivity contribution >= 4 is 0 Å². The number of hydrogen-bond donors (Lipinski definition) is 1. The molecule has 14 heavy (non-hydrogen) atoms. The van der Waals surface area contributed by atoms with E-state index < -0.39 is 0 Å².